The predicted molar refractivity (Wildman–Crippen MR) is 222 cm³/mol. The highest BCUT2D eigenvalue weighted by molar-refractivity contribution is 6.35. The van der Waals surface area contributed by atoms with Crippen molar-refractivity contribution in [3.8, 4) is 22.5 Å². The van der Waals surface area contributed by atoms with Gasteiger partial charge in [0.05, 0.1) is 16.4 Å². The molecular formula is C42H48Cl2N10O4. The van der Waals surface area contributed by atoms with Crippen LogP contribution in [-0.4, -0.2) is 98.9 Å². The van der Waals surface area contributed by atoms with Crippen molar-refractivity contribution in [2.75, 3.05) is 26.2 Å². The summed E-state index contributed by atoms with van der Waals surface area (Å²) in [4.78, 5) is 43.4. The summed E-state index contributed by atoms with van der Waals surface area (Å²) in [6.07, 6.45) is 7.75. The number of ether oxygens (including phenoxy) is 2. The van der Waals surface area contributed by atoms with Crippen LogP contribution in [0, 0.1) is 0 Å². The van der Waals surface area contributed by atoms with Crippen LogP contribution >= 0.6 is 23.2 Å². The molecule has 10 heterocycles. The number of carbonyl (C=O) groups is 2. The van der Waals surface area contributed by atoms with Gasteiger partial charge in [0.25, 0.3) is 0 Å². The number of aromatic amines is 2. The van der Waals surface area contributed by atoms with Gasteiger partial charge in [0.2, 0.25) is 0 Å². The number of rotatable bonds is 3. The molecule has 14 nitrogen and oxygen atoms in total. The lowest BCUT2D eigenvalue weighted by Gasteiger charge is -2.47. The van der Waals surface area contributed by atoms with Gasteiger partial charge in [0.15, 0.2) is 0 Å². The average molecular weight is 828 g/mol. The zero-order valence-corrected chi connectivity index (χ0v) is 35.4. The third-order valence-electron chi connectivity index (χ3n) is 11.7. The van der Waals surface area contributed by atoms with Crippen molar-refractivity contribution in [1.29, 1.82) is 0 Å². The van der Waals surface area contributed by atoms with Crippen LogP contribution in [0.4, 0.5) is 9.59 Å². The van der Waals surface area contributed by atoms with Gasteiger partial charge in [-0.1, -0.05) is 30.1 Å². The minimum atomic E-state index is -0.478. The fourth-order valence-electron chi connectivity index (χ4n) is 8.82. The van der Waals surface area contributed by atoms with Crippen LogP contribution in [-0.2, 0) is 39.8 Å². The van der Waals surface area contributed by atoms with E-state index in [0.29, 0.717) is 36.4 Å². The first-order valence-electron chi connectivity index (χ1n) is 19.9. The number of carbonyl (C=O) groups excluding carboxylic acids is 2. The summed E-state index contributed by atoms with van der Waals surface area (Å²) >= 11 is 12.5. The largest absolute Gasteiger partial charge is 0.444 e. The Morgan fingerprint density at radius 3 is 1.71 bits per heavy atom. The molecule has 2 N–H and O–H groups in total. The molecule has 58 heavy (non-hydrogen) atoms. The maximum atomic E-state index is 12.4. The van der Waals surface area contributed by atoms with Gasteiger partial charge in [-0.05, 0) is 90.6 Å². The highest BCUT2D eigenvalue weighted by Gasteiger charge is 2.53. The van der Waals surface area contributed by atoms with Crippen molar-refractivity contribution in [2.24, 2.45) is 0 Å². The second kappa shape index (κ2) is 13.5. The summed E-state index contributed by atoms with van der Waals surface area (Å²) in [5, 5.41) is 12.9. The molecule has 0 aliphatic carbocycles. The molecule has 2 fully saturated rings. The number of likely N-dealkylation sites (tertiary alicyclic amines) is 2. The zero-order valence-electron chi connectivity index (χ0n) is 33.9. The number of hydrogen-bond donors (Lipinski definition) is 2. The van der Waals surface area contributed by atoms with Gasteiger partial charge >= 0.3 is 12.2 Å². The SMILES string of the molecule is CC(C)(C)OC(=O)N1CC2(CCn3nc(-c4cnc5[nH]cc(Cl)c5c4)cc32)C1.CCc1c(Cl)[nH]c2ncc(-c3cc4n(n3)CCC43CN(C(=O)OC(C)(C)C)C3)cc12. The van der Waals surface area contributed by atoms with E-state index in [4.69, 9.17) is 42.9 Å². The second-order valence-corrected chi connectivity index (χ2v) is 18.9. The summed E-state index contributed by atoms with van der Waals surface area (Å²) in [5.74, 6) is 0. The van der Waals surface area contributed by atoms with Gasteiger partial charge in [0.1, 0.15) is 27.6 Å². The van der Waals surface area contributed by atoms with Crippen molar-refractivity contribution < 1.29 is 19.1 Å². The number of halogens is 2. The van der Waals surface area contributed by atoms with Crippen LogP contribution in [0.15, 0.2) is 42.9 Å². The third-order valence-corrected chi connectivity index (χ3v) is 12.3. The topological polar surface area (TPSA) is 152 Å². The van der Waals surface area contributed by atoms with E-state index in [2.05, 4.69) is 54.4 Å². The summed E-state index contributed by atoms with van der Waals surface area (Å²) in [5.41, 5.74) is 7.74. The van der Waals surface area contributed by atoms with Crippen LogP contribution in [0.3, 0.4) is 0 Å². The van der Waals surface area contributed by atoms with E-state index < -0.39 is 11.2 Å². The van der Waals surface area contributed by atoms with Crippen LogP contribution < -0.4 is 0 Å². The molecule has 304 valence electrons. The lowest BCUT2D eigenvalue weighted by atomic mass is 9.76. The van der Waals surface area contributed by atoms with E-state index in [1.165, 1.54) is 11.4 Å². The minimum Gasteiger partial charge on any atom is -0.444 e. The van der Waals surface area contributed by atoms with Gasteiger partial charge in [-0.2, -0.15) is 10.2 Å². The number of hydrogen-bond acceptors (Lipinski definition) is 8. The molecule has 0 aromatic carbocycles. The van der Waals surface area contributed by atoms with Gasteiger partial charge in [-0.25, -0.2) is 19.6 Å². The molecule has 0 bridgehead atoms. The smallest absolute Gasteiger partial charge is 0.410 e. The molecule has 0 saturated carbocycles. The number of amides is 2. The molecule has 2 amide bonds. The summed E-state index contributed by atoms with van der Waals surface area (Å²) < 4.78 is 15.1. The summed E-state index contributed by atoms with van der Waals surface area (Å²) in [6.45, 7) is 17.9. The van der Waals surface area contributed by atoms with Crippen molar-refractivity contribution in [1.82, 2.24) is 49.3 Å². The molecular weight excluding hydrogens is 779 g/mol. The van der Waals surface area contributed by atoms with Crippen LogP contribution in [0.2, 0.25) is 10.2 Å². The van der Waals surface area contributed by atoms with E-state index in [0.717, 1.165) is 82.5 Å². The van der Waals surface area contributed by atoms with Gasteiger partial charge in [0, 0.05) is 102 Å². The predicted octanol–water partition coefficient (Wildman–Crippen LogP) is 8.51. The summed E-state index contributed by atoms with van der Waals surface area (Å²) in [7, 11) is 0. The lowest BCUT2D eigenvalue weighted by molar-refractivity contribution is -0.0104. The number of aromatic nitrogens is 8. The first-order valence-corrected chi connectivity index (χ1v) is 20.6. The number of fused-ring (bicyclic) bond motifs is 6. The van der Waals surface area contributed by atoms with Crippen LogP contribution in [0.25, 0.3) is 44.6 Å². The van der Waals surface area contributed by atoms with Crippen LogP contribution in [0.1, 0.15) is 78.3 Å². The molecule has 16 heteroatoms. The standard InChI is InChI=1S/C22H26ClN5O2.C20H22ClN5O2/c1-5-14-15-8-13(10-24-19(15)25-18(14)23)16-9-17-22(6-7-28(17)26-16)11-27(12-22)20(29)30-21(2,3)4;1-19(2,3)28-18(27)25-10-20(11-25)4-5-26-16(20)7-15(24-26)12-6-13-14(21)9-23-17(13)22-8-12/h8-10H,5-7,11-12H2,1-4H3,(H,24,25);6-9H,4-5,10-11H2,1-3H3,(H,22,23). The molecule has 2 spiro atoms. The van der Waals surface area contributed by atoms with Crippen molar-refractivity contribution in [3.63, 3.8) is 0 Å². The molecule has 2 saturated heterocycles. The normalized spacial score (nSPS) is 17.6. The number of H-pyrrole nitrogens is 2. The quantitative estimate of drug-likeness (QED) is 0.180. The Morgan fingerprint density at radius 2 is 1.22 bits per heavy atom. The van der Waals surface area contributed by atoms with E-state index in [1.807, 2.05) is 60.0 Å². The number of nitrogens with one attached hydrogen (secondary N) is 2. The minimum absolute atomic E-state index is 0.0222. The Hall–Kier alpha value is -5.08. The van der Waals surface area contributed by atoms with E-state index in [9.17, 15) is 9.59 Å². The average Bonchev–Trinajstić information content (AvgIpc) is 3.95. The van der Waals surface area contributed by atoms with E-state index in [-0.39, 0.29) is 23.0 Å². The molecule has 6 aromatic rings. The lowest BCUT2D eigenvalue weighted by Crippen LogP contribution is -2.61. The number of pyridine rings is 2. The Bertz CT molecular complexity index is 2590. The molecule has 0 unspecified atom stereocenters. The third kappa shape index (κ3) is 6.67. The van der Waals surface area contributed by atoms with Crippen molar-refractivity contribution in [3.05, 3.63) is 70.0 Å². The Balaban J connectivity index is 0.000000151. The Morgan fingerprint density at radius 1 is 0.741 bits per heavy atom. The number of nitrogens with zero attached hydrogens (tertiary/aromatic N) is 8. The van der Waals surface area contributed by atoms with Gasteiger partial charge in [-0.3, -0.25) is 9.36 Å². The van der Waals surface area contributed by atoms with Crippen molar-refractivity contribution >= 4 is 57.5 Å². The maximum Gasteiger partial charge on any atom is 0.410 e. The molecule has 4 aliphatic rings. The maximum absolute atomic E-state index is 12.4. The highest BCUT2D eigenvalue weighted by Crippen LogP contribution is 2.46. The Kier molecular flexibility index (Phi) is 8.94. The monoisotopic (exact) mass is 826 g/mol. The van der Waals surface area contributed by atoms with Crippen molar-refractivity contribution in [2.45, 2.75) is 103 Å². The molecule has 6 aromatic heterocycles. The first kappa shape index (κ1) is 38.4. The highest BCUT2D eigenvalue weighted by atomic mass is 35.5. The van der Waals surface area contributed by atoms with Crippen LogP contribution in [0.5, 0.6) is 0 Å². The first-order chi connectivity index (χ1) is 27.4. The second-order valence-electron chi connectivity index (χ2n) is 18.2. The Labute approximate surface area is 346 Å². The van der Waals surface area contributed by atoms with E-state index in [1.54, 1.807) is 16.0 Å². The fraction of sp³-hybridized carbons (Fsp3) is 0.476. The molecule has 4 aliphatic heterocycles. The number of aryl methyl sites for hydroxylation is 3. The zero-order chi connectivity index (χ0) is 40.9. The van der Waals surface area contributed by atoms with E-state index >= 15 is 0 Å². The van der Waals surface area contributed by atoms with Gasteiger partial charge in [-0.15, -0.1) is 0 Å². The fourth-order valence-corrected chi connectivity index (χ4v) is 9.34. The van der Waals surface area contributed by atoms with Gasteiger partial charge < -0.3 is 29.2 Å². The summed E-state index contributed by atoms with van der Waals surface area (Å²) in [6, 6.07) is 8.41. The molecule has 0 radical (unpaired) electrons. The molecule has 10 rings (SSSR count). The molecule has 0 atom stereocenters.